The van der Waals surface area contributed by atoms with E-state index in [0.29, 0.717) is 29.9 Å². The summed E-state index contributed by atoms with van der Waals surface area (Å²) >= 11 is 0. The van der Waals surface area contributed by atoms with E-state index in [4.69, 9.17) is 4.42 Å². The van der Waals surface area contributed by atoms with Crippen LogP contribution < -0.4 is 10.6 Å². The van der Waals surface area contributed by atoms with Crippen LogP contribution in [0.3, 0.4) is 0 Å². The van der Waals surface area contributed by atoms with Gasteiger partial charge in [0.25, 0.3) is 0 Å². The Kier molecular flexibility index (Phi) is 5.08. The van der Waals surface area contributed by atoms with Crippen molar-refractivity contribution in [3.8, 4) is 11.3 Å². The lowest BCUT2D eigenvalue weighted by atomic mass is 10.1. The summed E-state index contributed by atoms with van der Waals surface area (Å²) in [6, 6.07) is 10.3. The molecule has 1 aromatic heterocycles. The minimum Gasteiger partial charge on any atom is -0.461 e. The molecule has 1 aliphatic rings. The third-order valence-corrected chi connectivity index (χ3v) is 4.06. The molecule has 0 spiro atoms. The van der Waals surface area contributed by atoms with E-state index in [1.165, 1.54) is 6.07 Å². The molecule has 0 radical (unpaired) electrons. The van der Waals surface area contributed by atoms with E-state index in [9.17, 15) is 9.18 Å². The van der Waals surface area contributed by atoms with Crippen molar-refractivity contribution in [3.05, 3.63) is 48.0 Å². The standard InChI is InChI=1S/C18H21FN2O2/c19-16-6-2-1-5-15(16)17-9-7-14(23-17)8-10-18(22)21-13-4-3-11-20-12-13/h1-2,5-7,9,13,20H,3-4,8,10-12H2,(H,21,22)/t13-/m0/s1. The van der Waals surface area contributed by atoms with Crippen molar-refractivity contribution in [1.29, 1.82) is 0 Å². The molecule has 2 heterocycles. The van der Waals surface area contributed by atoms with Gasteiger partial charge in [0.15, 0.2) is 0 Å². The largest absolute Gasteiger partial charge is 0.461 e. The molecule has 4 nitrogen and oxygen atoms in total. The number of carbonyl (C=O) groups is 1. The van der Waals surface area contributed by atoms with Gasteiger partial charge in [-0.3, -0.25) is 4.79 Å². The Labute approximate surface area is 135 Å². The Morgan fingerprint density at radius 2 is 2.17 bits per heavy atom. The van der Waals surface area contributed by atoms with Gasteiger partial charge in [0, 0.05) is 25.4 Å². The number of nitrogens with one attached hydrogen (secondary N) is 2. The van der Waals surface area contributed by atoms with Crippen LogP contribution in [0.1, 0.15) is 25.0 Å². The number of rotatable bonds is 5. The lowest BCUT2D eigenvalue weighted by Crippen LogP contribution is -2.45. The maximum Gasteiger partial charge on any atom is 0.220 e. The highest BCUT2D eigenvalue weighted by molar-refractivity contribution is 5.76. The molecule has 1 amide bonds. The summed E-state index contributed by atoms with van der Waals surface area (Å²) in [5, 5.41) is 6.31. The molecule has 1 atom stereocenters. The molecule has 1 saturated heterocycles. The fraction of sp³-hybridized carbons (Fsp3) is 0.389. The highest BCUT2D eigenvalue weighted by Crippen LogP contribution is 2.25. The monoisotopic (exact) mass is 316 g/mol. The number of benzene rings is 1. The summed E-state index contributed by atoms with van der Waals surface area (Å²) in [4.78, 5) is 12.0. The van der Waals surface area contributed by atoms with E-state index in [-0.39, 0.29) is 17.8 Å². The van der Waals surface area contributed by atoms with Crippen LogP contribution in [0.2, 0.25) is 0 Å². The van der Waals surface area contributed by atoms with Gasteiger partial charge in [-0.05, 0) is 43.7 Å². The minimum absolute atomic E-state index is 0.0301. The molecule has 1 fully saturated rings. The van der Waals surface area contributed by atoms with Crippen molar-refractivity contribution in [3.63, 3.8) is 0 Å². The van der Waals surface area contributed by atoms with Crippen LogP contribution in [0.15, 0.2) is 40.8 Å². The molecule has 1 aliphatic heterocycles. The van der Waals surface area contributed by atoms with E-state index in [2.05, 4.69) is 10.6 Å². The van der Waals surface area contributed by atoms with Crippen LogP contribution in [0, 0.1) is 5.82 Å². The first kappa shape index (κ1) is 15.7. The second kappa shape index (κ2) is 7.42. The lowest BCUT2D eigenvalue weighted by molar-refractivity contribution is -0.121. The maximum atomic E-state index is 13.7. The topological polar surface area (TPSA) is 54.3 Å². The van der Waals surface area contributed by atoms with E-state index >= 15 is 0 Å². The second-order valence-corrected chi connectivity index (χ2v) is 5.86. The number of amides is 1. The highest BCUT2D eigenvalue weighted by atomic mass is 19.1. The third kappa shape index (κ3) is 4.20. The van der Waals surface area contributed by atoms with Gasteiger partial charge < -0.3 is 15.1 Å². The zero-order valence-corrected chi connectivity index (χ0v) is 13.0. The third-order valence-electron chi connectivity index (χ3n) is 4.06. The number of hydrogen-bond acceptors (Lipinski definition) is 3. The SMILES string of the molecule is O=C(CCc1ccc(-c2ccccc2F)o1)N[C@H]1CCCNC1. The van der Waals surface area contributed by atoms with Crippen molar-refractivity contribution < 1.29 is 13.6 Å². The zero-order chi connectivity index (χ0) is 16.1. The van der Waals surface area contributed by atoms with Crippen LogP contribution in [-0.4, -0.2) is 25.0 Å². The van der Waals surface area contributed by atoms with Gasteiger partial charge in [0.05, 0.1) is 5.56 Å². The van der Waals surface area contributed by atoms with Crippen molar-refractivity contribution in [2.75, 3.05) is 13.1 Å². The number of furan rings is 1. The van der Waals surface area contributed by atoms with Crippen molar-refractivity contribution in [2.45, 2.75) is 31.7 Å². The molecule has 0 unspecified atom stereocenters. The molecule has 2 N–H and O–H groups in total. The summed E-state index contributed by atoms with van der Waals surface area (Å²) in [6.45, 7) is 1.86. The van der Waals surface area contributed by atoms with Crippen LogP contribution >= 0.6 is 0 Å². The fourth-order valence-electron chi connectivity index (χ4n) is 2.83. The Morgan fingerprint density at radius 1 is 1.30 bits per heavy atom. The van der Waals surface area contributed by atoms with E-state index in [0.717, 1.165) is 25.9 Å². The first-order chi connectivity index (χ1) is 11.2. The summed E-state index contributed by atoms with van der Waals surface area (Å²) in [5.41, 5.74) is 0.441. The number of hydrogen-bond donors (Lipinski definition) is 2. The van der Waals surface area contributed by atoms with E-state index in [1.54, 1.807) is 30.3 Å². The molecular formula is C18H21FN2O2. The number of carbonyl (C=O) groups excluding carboxylic acids is 1. The number of aryl methyl sites for hydroxylation is 1. The Morgan fingerprint density at radius 3 is 2.96 bits per heavy atom. The molecule has 122 valence electrons. The number of piperidine rings is 1. The lowest BCUT2D eigenvalue weighted by Gasteiger charge is -2.23. The maximum absolute atomic E-state index is 13.7. The van der Waals surface area contributed by atoms with E-state index < -0.39 is 0 Å². The number of halogens is 1. The van der Waals surface area contributed by atoms with Gasteiger partial charge in [-0.25, -0.2) is 4.39 Å². The van der Waals surface area contributed by atoms with Crippen LogP contribution in [0.5, 0.6) is 0 Å². The quantitative estimate of drug-likeness (QED) is 0.892. The predicted octanol–water partition coefficient (Wildman–Crippen LogP) is 2.89. The Hall–Kier alpha value is -2.14. The Bertz CT molecular complexity index is 663. The molecule has 23 heavy (non-hydrogen) atoms. The van der Waals surface area contributed by atoms with Gasteiger partial charge in [-0.15, -0.1) is 0 Å². The average molecular weight is 316 g/mol. The van der Waals surface area contributed by atoms with E-state index in [1.807, 2.05) is 0 Å². The molecule has 0 saturated carbocycles. The second-order valence-electron chi connectivity index (χ2n) is 5.86. The van der Waals surface area contributed by atoms with Gasteiger partial charge >= 0.3 is 0 Å². The summed E-state index contributed by atoms with van der Waals surface area (Å²) in [7, 11) is 0. The first-order valence-corrected chi connectivity index (χ1v) is 8.06. The molecule has 0 aliphatic carbocycles. The van der Waals surface area contributed by atoms with Crippen molar-refractivity contribution in [2.24, 2.45) is 0 Å². The summed E-state index contributed by atoms with van der Waals surface area (Å²) in [5.74, 6) is 0.911. The van der Waals surface area contributed by atoms with Crippen LogP contribution in [0.4, 0.5) is 4.39 Å². The highest BCUT2D eigenvalue weighted by Gasteiger charge is 2.16. The van der Waals surface area contributed by atoms with Crippen LogP contribution in [-0.2, 0) is 11.2 Å². The molecule has 3 rings (SSSR count). The minimum atomic E-state index is -0.309. The molecule has 2 aromatic rings. The molecule has 1 aromatic carbocycles. The summed E-state index contributed by atoms with van der Waals surface area (Å²) in [6.07, 6.45) is 3.01. The summed E-state index contributed by atoms with van der Waals surface area (Å²) < 4.78 is 19.4. The predicted molar refractivity (Wildman–Crippen MR) is 86.5 cm³/mol. The van der Waals surface area contributed by atoms with Crippen molar-refractivity contribution in [1.82, 2.24) is 10.6 Å². The van der Waals surface area contributed by atoms with Crippen LogP contribution in [0.25, 0.3) is 11.3 Å². The molecular weight excluding hydrogens is 295 g/mol. The van der Waals surface area contributed by atoms with Crippen molar-refractivity contribution >= 4 is 5.91 Å². The first-order valence-electron chi connectivity index (χ1n) is 8.06. The van der Waals surface area contributed by atoms with Gasteiger partial charge in [-0.2, -0.15) is 0 Å². The average Bonchev–Trinajstić information content (AvgIpc) is 3.03. The smallest absolute Gasteiger partial charge is 0.220 e. The van der Waals surface area contributed by atoms with Gasteiger partial charge in [0.1, 0.15) is 17.3 Å². The van der Waals surface area contributed by atoms with Gasteiger partial charge in [-0.1, -0.05) is 12.1 Å². The Balaban J connectivity index is 1.53. The molecule has 0 bridgehead atoms. The molecule has 5 heteroatoms. The van der Waals surface area contributed by atoms with Gasteiger partial charge in [0.2, 0.25) is 5.91 Å². The zero-order valence-electron chi connectivity index (χ0n) is 13.0. The normalized spacial score (nSPS) is 17.9. The fourth-order valence-corrected chi connectivity index (χ4v) is 2.83.